The van der Waals surface area contributed by atoms with Crippen LogP contribution in [0, 0.1) is 13.8 Å². The number of carbonyl (C=O) groups excluding carboxylic acids is 1. The van der Waals surface area contributed by atoms with Crippen molar-refractivity contribution in [3.8, 4) is 0 Å². The molecule has 0 aliphatic rings. The average Bonchev–Trinajstić information content (AvgIpc) is 2.90. The summed E-state index contributed by atoms with van der Waals surface area (Å²) in [4.78, 5) is 17.0. The second-order valence-corrected chi connectivity index (χ2v) is 8.35. The highest BCUT2D eigenvalue weighted by Gasteiger charge is 2.22. The van der Waals surface area contributed by atoms with Crippen molar-refractivity contribution >= 4 is 28.5 Å². The van der Waals surface area contributed by atoms with Crippen LogP contribution in [0.3, 0.4) is 0 Å². The largest absolute Gasteiger partial charge is 0.374 e. The monoisotopic (exact) mass is 399 g/mol. The van der Waals surface area contributed by atoms with E-state index in [-0.39, 0.29) is 5.91 Å². The van der Waals surface area contributed by atoms with Crippen LogP contribution in [0.5, 0.6) is 0 Å². The number of aromatic nitrogens is 2. The van der Waals surface area contributed by atoms with Gasteiger partial charge in [-0.25, -0.2) is 4.98 Å². The number of nitrogens with one attached hydrogen (secondary N) is 1. The molecule has 0 unspecified atom stereocenters. The Balaban J connectivity index is 1.63. The molecule has 0 saturated carbocycles. The van der Waals surface area contributed by atoms with Crippen molar-refractivity contribution in [1.82, 2.24) is 14.9 Å². The average molecular weight is 400 g/mol. The molecular formula is C22H26ClN3O2. The summed E-state index contributed by atoms with van der Waals surface area (Å²) in [6.07, 6.45) is 3.35. The first-order valence-electron chi connectivity index (χ1n) is 9.23. The minimum Gasteiger partial charge on any atom is -0.374 e. The van der Waals surface area contributed by atoms with Crippen LogP contribution < -0.4 is 5.32 Å². The molecular weight excluding hydrogens is 374 g/mol. The fourth-order valence-corrected chi connectivity index (χ4v) is 3.46. The maximum atomic E-state index is 12.7. The molecule has 0 aliphatic carbocycles. The number of carbonyl (C=O) groups is 1. The van der Waals surface area contributed by atoms with Gasteiger partial charge in [-0.3, -0.25) is 4.79 Å². The molecule has 0 bridgehead atoms. The predicted octanol–water partition coefficient (Wildman–Crippen LogP) is 4.57. The molecule has 0 saturated heterocycles. The van der Waals surface area contributed by atoms with E-state index in [9.17, 15) is 4.79 Å². The molecule has 0 atom stereocenters. The van der Waals surface area contributed by atoms with Gasteiger partial charge in [0.05, 0.1) is 29.3 Å². The molecule has 3 rings (SSSR count). The lowest BCUT2D eigenvalue weighted by atomic mass is 10.1. The van der Waals surface area contributed by atoms with Crippen LogP contribution in [0.25, 0.3) is 11.0 Å². The molecule has 28 heavy (non-hydrogen) atoms. The second kappa shape index (κ2) is 7.94. The molecule has 0 spiro atoms. The van der Waals surface area contributed by atoms with Crippen molar-refractivity contribution in [3.05, 3.63) is 63.9 Å². The normalized spacial score (nSPS) is 11.8. The summed E-state index contributed by atoms with van der Waals surface area (Å²) < 4.78 is 7.72. The van der Waals surface area contributed by atoms with Crippen LogP contribution in [0.2, 0.25) is 5.02 Å². The Bertz CT molecular complexity index is 1020. The molecule has 0 aliphatic heterocycles. The smallest absolute Gasteiger partial charge is 0.253 e. The summed E-state index contributed by atoms with van der Waals surface area (Å²) in [5.41, 5.74) is 4.30. The van der Waals surface area contributed by atoms with Gasteiger partial charge in [0.15, 0.2) is 0 Å². The van der Waals surface area contributed by atoms with Gasteiger partial charge in [0.2, 0.25) is 0 Å². The zero-order chi connectivity index (χ0) is 20.5. The molecule has 148 valence electrons. The highest BCUT2D eigenvalue weighted by atomic mass is 35.5. The fourth-order valence-electron chi connectivity index (χ4n) is 3.18. The SMILES string of the molecule is Cc1ccc(COCC(C)(C)NC(=O)c2cnc3c(c2)c(Cl)cn3C)c(C)c1. The molecule has 2 aromatic heterocycles. The second-order valence-electron chi connectivity index (χ2n) is 7.94. The fraction of sp³-hybridized carbons (Fsp3) is 0.364. The maximum Gasteiger partial charge on any atom is 0.253 e. The van der Waals surface area contributed by atoms with Crippen LogP contribution >= 0.6 is 11.6 Å². The summed E-state index contributed by atoms with van der Waals surface area (Å²) in [5, 5.41) is 4.36. The lowest BCUT2D eigenvalue weighted by Crippen LogP contribution is -2.47. The Morgan fingerprint density at radius 3 is 2.75 bits per heavy atom. The number of hydrogen-bond donors (Lipinski definition) is 1. The number of benzene rings is 1. The number of hydrogen-bond acceptors (Lipinski definition) is 3. The van der Waals surface area contributed by atoms with Crippen molar-refractivity contribution in [1.29, 1.82) is 0 Å². The standard InChI is InChI=1S/C22H26ClN3O2/c1-14-6-7-16(15(2)8-14)12-28-13-22(3,4)25-21(27)17-9-18-19(23)11-26(5)20(18)24-10-17/h6-11H,12-13H2,1-5H3,(H,25,27). The van der Waals surface area contributed by atoms with Gasteiger partial charge in [0.25, 0.3) is 5.91 Å². The molecule has 3 aromatic rings. The van der Waals surface area contributed by atoms with Crippen molar-refractivity contribution in [2.24, 2.45) is 7.05 Å². The molecule has 1 aromatic carbocycles. The van der Waals surface area contributed by atoms with Crippen molar-refractivity contribution in [2.45, 2.75) is 39.8 Å². The van der Waals surface area contributed by atoms with Gasteiger partial charge in [0, 0.05) is 24.8 Å². The van der Waals surface area contributed by atoms with E-state index >= 15 is 0 Å². The van der Waals surface area contributed by atoms with Gasteiger partial charge in [-0.2, -0.15) is 0 Å². The highest BCUT2D eigenvalue weighted by Crippen LogP contribution is 2.24. The van der Waals surface area contributed by atoms with Gasteiger partial charge in [-0.1, -0.05) is 35.4 Å². The molecule has 2 heterocycles. The van der Waals surface area contributed by atoms with E-state index in [2.05, 4.69) is 42.3 Å². The third-order valence-corrected chi connectivity index (χ3v) is 5.00. The molecule has 5 nitrogen and oxygen atoms in total. The highest BCUT2D eigenvalue weighted by molar-refractivity contribution is 6.35. The molecule has 1 N–H and O–H groups in total. The van der Waals surface area contributed by atoms with E-state index in [0.717, 1.165) is 16.6 Å². The number of ether oxygens (including phenoxy) is 1. The van der Waals surface area contributed by atoms with Crippen molar-refractivity contribution < 1.29 is 9.53 Å². The zero-order valence-electron chi connectivity index (χ0n) is 17.0. The van der Waals surface area contributed by atoms with Gasteiger partial charge in [0.1, 0.15) is 5.65 Å². The number of pyridine rings is 1. The van der Waals surface area contributed by atoms with E-state index in [4.69, 9.17) is 16.3 Å². The van der Waals surface area contributed by atoms with Crippen LogP contribution in [0.4, 0.5) is 0 Å². The third kappa shape index (κ3) is 4.54. The first-order valence-corrected chi connectivity index (χ1v) is 9.61. The third-order valence-electron chi connectivity index (χ3n) is 4.70. The van der Waals surface area contributed by atoms with Gasteiger partial charge >= 0.3 is 0 Å². The van der Waals surface area contributed by atoms with Gasteiger partial charge in [-0.15, -0.1) is 0 Å². The van der Waals surface area contributed by atoms with Crippen LogP contribution in [0.1, 0.15) is 40.9 Å². The van der Waals surface area contributed by atoms with Crippen molar-refractivity contribution in [2.75, 3.05) is 6.61 Å². The summed E-state index contributed by atoms with van der Waals surface area (Å²) in [6.45, 7) is 8.94. The Hall–Kier alpha value is -2.37. The lowest BCUT2D eigenvalue weighted by Gasteiger charge is -2.26. The summed E-state index contributed by atoms with van der Waals surface area (Å²) >= 11 is 6.22. The topological polar surface area (TPSA) is 56.1 Å². The summed E-state index contributed by atoms with van der Waals surface area (Å²) in [6, 6.07) is 8.08. The summed E-state index contributed by atoms with van der Waals surface area (Å²) in [5.74, 6) is -0.200. The minimum atomic E-state index is -0.523. The number of fused-ring (bicyclic) bond motifs is 1. The van der Waals surface area contributed by atoms with E-state index < -0.39 is 5.54 Å². The van der Waals surface area contributed by atoms with Crippen LogP contribution in [-0.4, -0.2) is 27.6 Å². The predicted molar refractivity (Wildman–Crippen MR) is 113 cm³/mol. The van der Waals surface area contributed by atoms with Gasteiger partial charge < -0.3 is 14.6 Å². The summed E-state index contributed by atoms with van der Waals surface area (Å²) in [7, 11) is 1.87. The Kier molecular flexibility index (Phi) is 5.77. The molecule has 1 amide bonds. The number of amides is 1. The van der Waals surface area contributed by atoms with E-state index in [1.807, 2.05) is 25.5 Å². The number of rotatable bonds is 6. The van der Waals surface area contributed by atoms with Crippen LogP contribution in [0.15, 0.2) is 36.7 Å². The molecule has 6 heteroatoms. The Labute approximate surface area is 170 Å². The number of nitrogens with zero attached hydrogens (tertiary/aromatic N) is 2. The van der Waals surface area contributed by atoms with Crippen LogP contribution in [-0.2, 0) is 18.4 Å². The molecule has 0 radical (unpaired) electrons. The first-order chi connectivity index (χ1) is 13.2. The zero-order valence-corrected chi connectivity index (χ0v) is 17.7. The minimum absolute atomic E-state index is 0.200. The quantitative estimate of drug-likeness (QED) is 0.660. The lowest BCUT2D eigenvalue weighted by molar-refractivity contribution is 0.0615. The number of halogens is 1. The number of aryl methyl sites for hydroxylation is 3. The van der Waals surface area contributed by atoms with Gasteiger partial charge in [-0.05, 0) is 44.9 Å². The van der Waals surface area contributed by atoms with E-state index in [1.165, 1.54) is 11.1 Å². The van der Waals surface area contributed by atoms with Crippen molar-refractivity contribution in [3.63, 3.8) is 0 Å². The Morgan fingerprint density at radius 2 is 2.04 bits per heavy atom. The Morgan fingerprint density at radius 1 is 1.29 bits per heavy atom. The first kappa shape index (κ1) is 20.4. The molecule has 0 fully saturated rings. The van der Waals surface area contributed by atoms with E-state index in [1.54, 1.807) is 18.5 Å². The van der Waals surface area contributed by atoms with E-state index in [0.29, 0.717) is 23.8 Å². The maximum absolute atomic E-state index is 12.7.